The molecule has 1 saturated heterocycles. The van der Waals surface area contributed by atoms with Crippen LogP contribution < -0.4 is 9.64 Å². The van der Waals surface area contributed by atoms with Gasteiger partial charge >= 0.3 is 0 Å². The maximum Gasteiger partial charge on any atom is 0.254 e. The molecule has 0 saturated carbocycles. The van der Waals surface area contributed by atoms with Gasteiger partial charge in [-0.2, -0.15) is 0 Å². The van der Waals surface area contributed by atoms with Crippen LogP contribution in [0.5, 0.6) is 5.75 Å². The highest BCUT2D eigenvalue weighted by Gasteiger charge is 2.27. The summed E-state index contributed by atoms with van der Waals surface area (Å²) in [5, 5.41) is 0. The van der Waals surface area contributed by atoms with E-state index < -0.39 is 0 Å². The second-order valence-corrected chi connectivity index (χ2v) is 6.63. The zero-order valence-corrected chi connectivity index (χ0v) is 15.7. The predicted molar refractivity (Wildman–Crippen MR) is 101 cm³/mol. The van der Waals surface area contributed by atoms with E-state index in [1.165, 1.54) is 0 Å². The number of amides is 1. The number of rotatable bonds is 4. The van der Waals surface area contributed by atoms with Gasteiger partial charge in [0.2, 0.25) is 0 Å². The van der Waals surface area contributed by atoms with Crippen LogP contribution in [0.2, 0.25) is 0 Å². The third-order valence-electron chi connectivity index (χ3n) is 4.47. The lowest BCUT2D eigenvalue weighted by Crippen LogP contribution is -2.42. The molecule has 1 aliphatic heterocycles. The van der Waals surface area contributed by atoms with Crippen molar-refractivity contribution in [2.75, 3.05) is 45.8 Å². The molecule has 0 radical (unpaired) electrons. The number of carbonyl (C=O) groups is 1. The number of benzene rings is 1. The Morgan fingerprint density at radius 2 is 2.12 bits per heavy atom. The van der Waals surface area contributed by atoms with Crippen molar-refractivity contribution in [3.63, 3.8) is 0 Å². The Balaban J connectivity index is 1.80. The standard InChI is InChI=1S/C20H25N3O3/c1-14-10-16(22(2)3)12-18(21-14)19-13-23(8-9-26-19)20(24)15-6-5-7-17(11-15)25-4/h5-7,10-12,19H,8-9,13H2,1-4H3/t19-/m1/s1. The minimum absolute atomic E-state index is 0.0160. The fourth-order valence-corrected chi connectivity index (χ4v) is 3.05. The van der Waals surface area contributed by atoms with Gasteiger partial charge in [0.25, 0.3) is 5.91 Å². The van der Waals surface area contributed by atoms with Crippen molar-refractivity contribution in [2.24, 2.45) is 0 Å². The van der Waals surface area contributed by atoms with Gasteiger partial charge in [0.15, 0.2) is 0 Å². The number of aryl methyl sites for hydroxylation is 1. The number of hydrogen-bond donors (Lipinski definition) is 0. The Labute approximate surface area is 154 Å². The van der Waals surface area contributed by atoms with Gasteiger partial charge in [-0.05, 0) is 37.3 Å². The number of anilines is 1. The lowest BCUT2D eigenvalue weighted by atomic mass is 10.1. The van der Waals surface area contributed by atoms with Gasteiger partial charge in [-0.25, -0.2) is 0 Å². The highest BCUT2D eigenvalue weighted by Crippen LogP contribution is 2.26. The van der Waals surface area contributed by atoms with Gasteiger partial charge < -0.3 is 19.3 Å². The van der Waals surface area contributed by atoms with E-state index in [9.17, 15) is 4.79 Å². The summed E-state index contributed by atoms with van der Waals surface area (Å²) in [4.78, 5) is 21.4. The Kier molecular flexibility index (Phi) is 5.42. The van der Waals surface area contributed by atoms with E-state index in [-0.39, 0.29) is 12.0 Å². The van der Waals surface area contributed by atoms with Crippen LogP contribution in [0.15, 0.2) is 36.4 Å². The molecule has 26 heavy (non-hydrogen) atoms. The van der Waals surface area contributed by atoms with Crippen molar-refractivity contribution in [3.05, 3.63) is 53.3 Å². The van der Waals surface area contributed by atoms with Gasteiger partial charge in [-0.15, -0.1) is 0 Å². The van der Waals surface area contributed by atoms with Crippen molar-refractivity contribution < 1.29 is 14.3 Å². The number of carbonyl (C=O) groups excluding carboxylic acids is 1. The van der Waals surface area contributed by atoms with Gasteiger partial charge in [-0.3, -0.25) is 9.78 Å². The van der Waals surface area contributed by atoms with Gasteiger partial charge in [0, 0.05) is 37.6 Å². The first-order valence-electron chi connectivity index (χ1n) is 8.69. The van der Waals surface area contributed by atoms with E-state index in [4.69, 9.17) is 9.47 Å². The lowest BCUT2D eigenvalue weighted by molar-refractivity contribution is -0.0247. The summed E-state index contributed by atoms with van der Waals surface area (Å²) in [6.45, 7) is 3.52. The predicted octanol–water partition coefficient (Wildman–Crippen LogP) is 2.68. The molecule has 1 aromatic heterocycles. The van der Waals surface area contributed by atoms with E-state index in [2.05, 4.69) is 4.98 Å². The molecule has 0 aliphatic carbocycles. The number of methoxy groups -OCH3 is 1. The number of aromatic nitrogens is 1. The van der Waals surface area contributed by atoms with Crippen LogP contribution in [-0.2, 0) is 4.74 Å². The van der Waals surface area contributed by atoms with Gasteiger partial charge in [0.05, 0.1) is 26.0 Å². The van der Waals surface area contributed by atoms with E-state index in [1.807, 2.05) is 61.2 Å². The Morgan fingerprint density at radius 1 is 1.31 bits per heavy atom. The summed E-state index contributed by atoms with van der Waals surface area (Å²) in [5.74, 6) is 0.661. The molecule has 1 fully saturated rings. The van der Waals surface area contributed by atoms with E-state index >= 15 is 0 Å². The molecule has 0 unspecified atom stereocenters. The highest BCUT2D eigenvalue weighted by molar-refractivity contribution is 5.94. The van der Waals surface area contributed by atoms with E-state index in [1.54, 1.807) is 13.2 Å². The van der Waals surface area contributed by atoms with Crippen molar-refractivity contribution >= 4 is 11.6 Å². The van der Waals surface area contributed by atoms with Crippen molar-refractivity contribution in [2.45, 2.75) is 13.0 Å². The van der Waals surface area contributed by atoms with Crippen LogP contribution in [0.25, 0.3) is 0 Å². The molecule has 138 valence electrons. The first-order valence-corrected chi connectivity index (χ1v) is 8.69. The number of morpholine rings is 1. The third-order valence-corrected chi connectivity index (χ3v) is 4.47. The largest absolute Gasteiger partial charge is 0.497 e. The molecule has 2 aromatic rings. The number of hydrogen-bond acceptors (Lipinski definition) is 5. The molecule has 1 aromatic carbocycles. The minimum atomic E-state index is -0.225. The molecule has 1 aliphatic rings. The smallest absolute Gasteiger partial charge is 0.254 e. The normalized spacial score (nSPS) is 17.1. The molecule has 0 N–H and O–H groups in total. The first kappa shape index (κ1) is 18.2. The zero-order chi connectivity index (χ0) is 18.7. The first-order chi connectivity index (χ1) is 12.5. The molecule has 6 heteroatoms. The molecule has 0 bridgehead atoms. The summed E-state index contributed by atoms with van der Waals surface area (Å²) >= 11 is 0. The lowest BCUT2D eigenvalue weighted by Gasteiger charge is -2.33. The average Bonchev–Trinajstić information content (AvgIpc) is 2.67. The minimum Gasteiger partial charge on any atom is -0.497 e. The summed E-state index contributed by atoms with van der Waals surface area (Å²) < 4.78 is 11.1. The molecule has 6 nitrogen and oxygen atoms in total. The summed E-state index contributed by atoms with van der Waals surface area (Å²) in [6.07, 6.45) is -0.225. The Hall–Kier alpha value is -2.60. The molecule has 1 atom stereocenters. The van der Waals surface area contributed by atoms with Gasteiger partial charge in [-0.1, -0.05) is 6.07 Å². The average molecular weight is 355 g/mol. The molecule has 1 amide bonds. The van der Waals surface area contributed by atoms with Crippen LogP contribution in [0.3, 0.4) is 0 Å². The second-order valence-electron chi connectivity index (χ2n) is 6.63. The third kappa shape index (κ3) is 3.96. The zero-order valence-electron chi connectivity index (χ0n) is 15.7. The molecule has 2 heterocycles. The van der Waals surface area contributed by atoms with Crippen LogP contribution in [0.1, 0.15) is 27.8 Å². The molecule has 0 spiro atoms. The van der Waals surface area contributed by atoms with Crippen LogP contribution >= 0.6 is 0 Å². The number of ether oxygens (including phenoxy) is 2. The van der Waals surface area contributed by atoms with E-state index in [0.29, 0.717) is 31.0 Å². The number of nitrogens with zero attached hydrogens (tertiary/aromatic N) is 3. The topological polar surface area (TPSA) is 54.9 Å². The van der Waals surface area contributed by atoms with Crippen LogP contribution in [0, 0.1) is 6.92 Å². The van der Waals surface area contributed by atoms with Crippen LogP contribution in [0.4, 0.5) is 5.69 Å². The quantitative estimate of drug-likeness (QED) is 0.844. The maximum atomic E-state index is 12.9. The fourth-order valence-electron chi connectivity index (χ4n) is 3.05. The maximum absolute atomic E-state index is 12.9. The molecular weight excluding hydrogens is 330 g/mol. The van der Waals surface area contributed by atoms with Crippen LogP contribution in [-0.4, -0.2) is 56.7 Å². The SMILES string of the molecule is COc1cccc(C(=O)N2CCO[C@@H](c3cc(N(C)C)cc(C)n3)C2)c1. The van der Waals surface area contributed by atoms with E-state index in [0.717, 1.165) is 17.1 Å². The second kappa shape index (κ2) is 7.74. The highest BCUT2D eigenvalue weighted by atomic mass is 16.5. The van der Waals surface area contributed by atoms with Crippen molar-refractivity contribution in [1.82, 2.24) is 9.88 Å². The molecular formula is C20H25N3O3. The number of pyridine rings is 1. The summed E-state index contributed by atoms with van der Waals surface area (Å²) in [5.41, 5.74) is 3.49. The Morgan fingerprint density at radius 3 is 2.85 bits per heavy atom. The van der Waals surface area contributed by atoms with Crippen molar-refractivity contribution in [3.8, 4) is 5.75 Å². The summed E-state index contributed by atoms with van der Waals surface area (Å²) in [7, 11) is 5.60. The Bertz CT molecular complexity index is 792. The fraction of sp³-hybridized carbons (Fsp3) is 0.400. The monoisotopic (exact) mass is 355 g/mol. The van der Waals surface area contributed by atoms with Crippen molar-refractivity contribution in [1.29, 1.82) is 0 Å². The molecule has 3 rings (SSSR count). The van der Waals surface area contributed by atoms with Gasteiger partial charge in [0.1, 0.15) is 11.9 Å². The summed E-state index contributed by atoms with van der Waals surface area (Å²) in [6, 6.07) is 11.3.